The van der Waals surface area contributed by atoms with Gasteiger partial charge in [-0.3, -0.25) is 19.3 Å². The number of amides is 1. The number of allylic oxidation sites excluding steroid dienone is 1. The van der Waals surface area contributed by atoms with Gasteiger partial charge in [0, 0.05) is 11.5 Å². The van der Waals surface area contributed by atoms with Crippen LogP contribution in [0, 0.1) is 11.8 Å². The van der Waals surface area contributed by atoms with Crippen LogP contribution in [0.4, 0.5) is 0 Å². The number of fused-ring (bicyclic) bond motifs is 3. The van der Waals surface area contributed by atoms with Crippen molar-refractivity contribution in [2.45, 2.75) is 37.7 Å². The molecule has 3 aliphatic rings. The number of nitrogens with zero attached hydrogens (tertiary/aromatic N) is 1. The first kappa shape index (κ1) is 29.3. The van der Waals surface area contributed by atoms with E-state index in [9.17, 15) is 24.6 Å². The highest BCUT2D eigenvalue weighted by atomic mass is 16.5. The zero-order valence-corrected chi connectivity index (χ0v) is 24.5. The van der Waals surface area contributed by atoms with Gasteiger partial charge in [0.15, 0.2) is 11.4 Å². The maximum atomic E-state index is 14.1. The summed E-state index contributed by atoms with van der Waals surface area (Å²) in [7, 11) is 3.47. The van der Waals surface area contributed by atoms with Crippen LogP contribution in [0.2, 0.25) is 0 Å². The molecule has 0 spiro atoms. The number of nitrogens with two attached hydrogens (primary N) is 1. The van der Waals surface area contributed by atoms with Crippen molar-refractivity contribution in [3.05, 3.63) is 124 Å². The smallest absolute Gasteiger partial charge is 0.255 e. The van der Waals surface area contributed by atoms with Gasteiger partial charge in [0.2, 0.25) is 5.78 Å². The third-order valence-electron chi connectivity index (χ3n) is 8.90. The molecule has 3 aromatic rings. The molecule has 226 valence electrons. The zero-order valence-electron chi connectivity index (χ0n) is 24.5. The van der Waals surface area contributed by atoms with E-state index in [0.29, 0.717) is 12.2 Å². The maximum Gasteiger partial charge on any atom is 0.255 e. The number of likely N-dealkylation sites (N-methyl/N-ethyl adjacent to an activating group) is 1. The lowest BCUT2D eigenvalue weighted by Crippen LogP contribution is -2.64. The van der Waals surface area contributed by atoms with Crippen molar-refractivity contribution in [1.29, 1.82) is 0 Å². The summed E-state index contributed by atoms with van der Waals surface area (Å²) >= 11 is 0. The highest BCUT2D eigenvalue weighted by Crippen LogP contribution is 2.52. The standard InChI is InChI=1S/C35H34N2O7/c1-37(2)29-24-17-23-16-22-14-9-15-25(43-18-20-10-5-3-6-11-20)26(22)30(38)27(23)32(39)35(24,42)33(40)28(34(36)41)31(29)44-19-21-12-7-4-8-13-21/h3-15,23-24,29,39,42H,16-19H2,1-2H3,(H2,36,41). The van der Waals surface area contributed by atoms with E-state index in [4.69, 9.17) is 15.2 Å². The number of Topliss-reactive ketones (excluding diaryl/α,β-unsaturated/α-hetero) is 2. The number of ether oxygens (including phenoxy) is 2. The lowest BCUT2D eigenvalue weighted by atomic mass is 9.58. The quantitative estimate of drug-likeness (QED) is 0.336. The van der Waals surface area contributed by atoms with E-state index >= 15 is 0 Å². The van der Waals surface area contributed by atoms with E-state index in [0.717, 1.165) is 16.7 Å². The van der Waals surface area contributed by atoms with Gasteiger partial charge in [0.1, 0.15) is 36.1 Å². The molecule has 0 radical (unpaired) electrons. The predicted molar refractivity (Wildman–Crippen MR) is 161 cm³/mol. The first-order chi connectivity index (χ1) is 21.1. The number of primary amides is 1. The number of aliphatic hydroxyl groups excluding tert-OH is 1. The van der Waals surface area contributed by atoms with Gasteiger partial charge in [-0.2, -0.15) is 0 Å². The molecule has 0 aliphatic heterocycles. The van der Waals surface area contributed by atoms with Crippen LogP contribution in [0.25, 0.3) is 0 Å². The molecule has 9 heteroatoms. The molecule has 0 saturated carbocycles. The molecular formula is C35H34N2O7. The first-order valence-corrected chi connectivity index (χ1v) is 14.5. The van der Waals surface area contributed by atoms with Gasteiger partial charge in [0.05, 0.1) is 11.6 Å². The number of ketones is 2. The largest absolute Gasteiger partial charge is 0.508 e. The number of rotatable bonds is 8. The van der Waals surface area contributed by atoms with E-state index in [1.807, 2.05) is 72.8 Å². The number of hydrogen-bond donors (Lipinski definition) is 3. The fourth-order valence-corrected chi connectivity index (χ4v) is 6.89. The Morgan fingerprint density at radius 3 is 2.14 bits per heavy atom. The fourth-order valence-electron chi connectivity index (χ4n) is 6.89. The lowest BCUT2D eigenvalue weighted by Gasteiger charge is -2.50. The SMILES string of the molecule is CN(C)C1C(OCc2ccccc2)=C(C(N)=O)C(=O)C2(O)C(O)=C3C(=O)c4c(cccc4OCc4ccccc4)CC3CC12. The number of hydrogen-bond acceptors (Lipinski definition) is 8. The average Bonchev–Trinajstić information content (AvgIpc) is 3.01. The molecule has 0 fully saturated rings. The topological polar surface area (TPSA) is 139 Å². The number of benzene rings is 3. The normalized spacial score (nSPS) is 24.5. The minimum atomic E-state index is -2.56. The molecule has 44 heavy (non-hydrogen) atoms. The van der Waals surface area contributed by atoms with Gasteiger partial charge >= 0.3 is 0 Å². The van der Waals surface area contributed by atoms with Crippen molar-refractivity contribution in [2.24, 2.45) is 17.6 Å². The van der Waals surface area contributed by atoms with Crippen LogP contribution in [0.15, 0.2) is 102 Å². The number of carbonyl (C=O) groups excluding carboxylic acids is 3. The first-order valence-electron chi connectivity index (χ1n) is 14.5. The van der Waals surface area contributed by atoms with E-state index in [-0.39, 0.29) is 36.5 Å². The number of aliphatic hydroxyl groups is 2. The van der Waals surface area contributed by atoms with Gasteiger partial charge in [-0.25, -0.2) is 0 Å². The third kappa shape index (κ3) is 4.78. The second-order valence-electron chi connectivity index (χ2n) is 11.8. The Morgan fingerprint density at radius 1 is 0.932 bits per heavy atom. The molecule has 0 aromatic heterocycles. The van der Waals surface area contributed by atoms with Crippen molar-refractivity contribution in [1.82, 2.24) is 4.90 Å². The molecule has 4 unspecified atom stereocenters. The van der Waals surface area contributed by atoms with Gasteiger partial charge in [-0.05, 0) is 55.6 Å². The van der Waals surface area contributed by atoms with Gasteiger partial charge in [0.25, 0.3) is 5.91 Å². The maximum absolute atomic E-state index is 14.1. The fraction of sp³-hybridized carbons (Fsp3) is 0.286. The lowest BCUT2D eigenvalue weighted by molar-refractivity contribution is -0.149. The minimum Gasteiger partial charge on any atom is -0.508 e. The summed E-state index contributed by atoms with van der Waals surface area (Å²) in [6, 6.07) is 23.3. The van der Waals surface area contributed by atoms with E-state index < -0.39 is 52.3 Å². The summed E-state index contributed by atoms with van der Waals surface area (Å²) in [5, 5.41) is 23.9. The third-order valence-corrected chi connectivity index (χ3v) is 8.90. The molecule has 0 saturated heterocycles. The van der Waals surface area contributed by atoms with Crippen LogP contribution in [0.5, 0.6) is 5.75 Å². The second-order valence-corrected chi connectivity index (χ2v) is 11.8. The highest BCUT2D eigenvalue weighted by molar-refractivity contribution is 6.24. The second kappa shape index (κ2) is 11.4. The van der Waals surface area contributed by atoms with Gasteiger partial charge in [-0.15, -0.1) is 0 Å². The van der Waals surface area contributed by atoms with Crippen molar-refractivity contribution >= 4 is 17.5 Å². The van der Waals surface area contributed by atoms with E-state index in [1.165, 1.54) is 0 Å². The Hall–Kier alpha value is -4.73. The van der Waals surface area contributed by atoms with Gasteiger partial charge < -0.3 is 25.4 Å². The zero-order chi connectivity index (χ0) is 31.2. The molecule has 4 atom stereocenters. The van der Waals surface area contributed by atoms with Crippen molar-refractivity contribution in [3.63, 3.8) is 0 Å². The monoisotopic (exact) mass is 594 g/mol. The van der Waals surface area contributed by atoms with Crippen LogP contribution in [0.1, 0.15) is 33.5 Å². The molecule has 0 heterocycles. The average molecular weight is 595 g/mol. The van der Waals surface area contributed by atoms with Gasteiger partial charge in [-0.1, -0.05) is 72.8 Å². The van der Waals surface area contributed by atoms with Crippen molar-refractivity contribution < 1.29 is 34.1 Å². The molecule has 3 aromatic carbocycles. The Kier molecular flexibility index (Phi) is 7.61. The summed E-state index contributed by atoms with van der Waals surface area (Å²) in [5.41, 5.74) is 5.36. The Bertz CT molecular complexity index is 1700. The summed E-state index contributed by atoms with van der Waals surface area (Å²) in [6.07, 6.45) is 0.561. The summed E-state index contributed by atoms with van der Waals surface area (Å²) in [6.45, 7) is 0.288. The molecule has 6 rings (SSSR count). The van der Waals surface area contributed by atoms with Crippen molar-refractivity contribution in [3.8, 4) is 5.75 Å². The van der Waals surface area contributed by atoms with Crippen LogP contribution in [-0.4, -0.2) is 58.3 Å². The van der Waals surface area contributed by atoms with Crippen LogP contribution >= 0.6 is 0 Å². The van der Waals surface area contributed by atoms with E-state index in [2.05, 4.69) is 0 Å². The highest BCUT2D eigenvalue weighted by Gasteiger charge is 2.63. The van der Waals surface area contributed by atoms with Crippen molar-refractivity contribution in [2.75, 3.05) is 14.1 Å². The Balaban J connectivity index is 1.42. The molecule has 4 N–H and O–H groups in total. The molecular weight excluding hydrogens is 560 g/mol. The van der Waals surface area contributed by atoms with Crippen LogP contribution < -0.4 is 10.5 Å². The molecule has 1 amide bonds. The summed E-state index contributed by atoms with van der Waals surface area (Å²) in [4.78, 5) is 42.7. The molecule has 3 aliphatic carbocycles. The molecule has 0 bridgehead atoms. The Morgan fingerprint density at radius 2 is 1.55 bits per heavy atom. The number of carbonyl (C=O) groups is 3. The summed E-state index contributed by atoms with van der Waals surface area (Å²) < 4.78 is 12.2. The predicted octanol–water partition coefficient (Wildman–Crippen LogP) is 3.65. The van der Waals surface area contributed by atoms with E-state index in [1.54, 1.807) is 25.1 Å². The Labute approximate surface area is 255 Å². The van der Waals surface area contributed by atoms with Crippen LogP contribution in [-0.2, 0) is 34.0 Å². The summed E-state index contributed by atoms with van der Waals surface area (Å²) in [5.74, 6) is -4.47. The van der Waals surface area contributed by atoms with Crippen LogP contribution in [0.3, 0.4) is 0 Å². The minimum absolute atomic E-state index is 0.0430. The molecule has 9 nitrogen and oxygen atoms in total.